The maximum absolute atomic E-state index is 12.9. The summed E-state index contributed by atoms with van der Waals surface area (Å²) < 4.78 is 50.7. The highest BCUT2D eigenvalue weighted by molar-refractivity contribution is 5.58. The fraction of sp³-hybridized carbons (Fsp3) is 0.143. The van der Waals surface area contributed by atoms with E-state index >= 15 is 0 Å². The summed E-state index contributed by atoms with van der Waals surface area (Å²) in [6, 6.07) is 0. The molecule has 0 aliphatic heterocycles. The molecule has 13 heavy (non-hydrogen) atoms. The molecule has 6 heteroatoms. The smallest absolute Gasteiger partial charge is 0.198 e. The molecular weight excluding hydrogens is 188 g/mol. The van der Waals surface area contributed by atoms with Gasteiger partial charge >= 0.3 is 0 Å². The minimum absolute atomic E-state index is 0.781. The lowest BCUT2D eigenvalue weighted by Gasteiger charge is -2.08. The van der Waals surface area contributed by atoms with E-state index in [1.807, 2.05) is 5.32 Å². The third-order valence-electron chi connectivity index (χ3n) is 1.55. The molecule has 0 atom stereocenters. The van der Waals surface area contributed by atoms with Crippen LogP contribution >= 0.6 is 0 Å². The van der Waals surface area contributed by atoms with Crippen LogP contribution in [-0.2, 0) is 0 Å². The Kier molecular flexibility index (Phi) is 2.31. The number of rotatable bonds is 1. The monoisotopic (exact) mass is 194 g/mol. The van der Waals surface area contributed by atoms with Crippen molar-refractivity contribution in [3.05, 3.63) is 23.3 Å². The van der Waals surface area contributed by atoms with E-state index in [0.717, 1.165) is 7.05 Å². The van der Waals surface area contributed by atoms with Crippen molar-refractivity contribution in [3.63, 3.8) is 0 Å². The second-order valence-electron chi connectivity index (χ2n) is 2.29. The Morgan fingerprint density at radius 3 is 1.92 bits per heavy atom. The molecule has 72 valence electrons. The predicted octanol–water partition coefficient (Wildman–Crippen LogP) is 1.87. The molecule has 3 N–H and O–H groups in total. The van der Waals surface area contributed by atoms with Gasteiger partial charge in [0.2, 0.25) is 0 Å². The predicted molar refractivity (Wildman–Crippen MR) is 40.2 cm³/mol. The van der Waals surface area contributed by atoms with Crippen molar-refractivity contribution in [2.45, 2.75) is 0 Å². The van der Waals surface area contributed by atoms with Crippen molar-refractivity contribution < 1.29 is 17.6 Å². The van der Waals surface area contributed by atoms with Gasteiger partial charge < -0.3 is 11.1 Å². The Balaban J connectivity index is 3.56. The van der Waals surface area contributed by atoms with Gasteiger partial charge in [0.05, 0.1) is 0 Å². The first-order valence-corrected chi connectivity index (χ1v) is 3.29. The highest BCUT2D eigenvalue weighted by Crippen LogP contribution is 2.29. The topological polar surface area (TPSA) is 38.0 Å². The fourth-order valence-electron chi connectivity index (χ4n) is 0.871. The van der Waals surface area contributed by atoms with Crippen molar-refractivity contribution in [1.29, 1.82) is 0 Å². The van der Waals surface area contributed by atoms with Crippen molar-refractivity contribution in [1.82, 2.24) is 0 Å². The molecular formula is C7H6F4N2. The van der Waals surface area contributed by atoms with Crippen LogP contribution < -0.4 is 11.1 Å². The minimum Gasteiger partial charge on any atom is -0.394 e. The molecule has 1 aromatic carbocycles. The van der Waals surface area contributed by atoms with Gasteiger partial charge in [-0.3, -0.25) is 0 Å². The minimum atomic E-state index is -1.79. The van der Waals surface area contributed by atoms with Crippen LogP contribution in [0.3, 0.4) is 0 Å². The standard InChI is InChI=1S/C7H6F4N2/c1-13-7-4(10)2(8)3(9)6(12)5(7)11/h13H,12H2,1H3. The molecule has 1 aromatic rings. The van der Waals surface area contributed by atoms with Crippen molar-refractivity contribution in [3.8, 4) is 0 Å². The zero-order chi connectivity index (χ0) is 10.2. The lowest BCUT2D eigenvalue weighted by Crippen LogP contribution is -2.07. The molecule has 0 saturated heterocycles. The summed E-state index contributed by atoms with van der Waals surface area (Å²) in [7, 11) is 1.16. The third-order valence-corrected chi connectivity index (χ3v) is 1.55. The molecule has 0 aliphatic carbocycles. The summed E-state index contributed by atoms with van der Waals surface area (Å²) >= 11 is 0. The molecule has 0 bridgehead atoms. The Morgan fingerprint density at radius 2 is 1.46 bits per heavy atom. The number of hydrogen-bond donors (Lipinski definition) is 2. The second-order valence-corrected chi connectivity index (χ2v) is 2.29. The van der Waals surface area contributed by atoms with Crippen molar-refractivity contribution in [2.75, 3.05) is 18.1 Å². The Labute approximate surface area is 71.3 Å². The van der Waals surface area contributed by atoms with E-state index in [2.05, 4.69) is 0 Å². The molecule has 0 radical (unpaired) electrons. The number of halogens is 4. The average molecular weight is 194 g/mol. The van der Waals surface area contributed by atoms with Crippen molar-refractivity contribution >= 4 is 11.4 Å². The first kappa shape index (κ1) is 9.63. The summed E-state index contributed by atoms with van der Waals surface area (Å²) in [4.78, 5) is 0. The van der Waals surface area contributed by atoms with Gasteiger partial charge in [-0.15, -0.1) is 0 Å². The van der Waals surface area contributed by atoms with Gasteiger partial charge in [0.1, 0.15) is 11.4 Å². The first-order valence-electron chi connectivity index (χ1n) is 3.29. The number of benzene rings is 1. The first-order chi connectivity index (χ1) is 6.00. The third kappa shape index (κ3) is 1.28. The molecule has 0 fully saturated rings. The van der Waals surface area contributed by atoms with Gasteiger partial charge in [0.15, 0.2) is 23.3 Å². The highest BCUT2D eigenvalue weighted by Gasteiger charge is 2.22. The highest BCUT2D eigenvalue weighted by atomic mass is 19.2. The lowest BCUT2D eigenvalue weighted by molar-refractivity contribution is 0.441. The van der Waals surface area contributed by atoms with E-state index in [9.17, 15) is 17.6 Å². The largest absolute Gasteiger partial charge is 0.394 e. The number of anilines is 2. The zero-order valence-electron chi connectivity index (χ0n) is 6.59. The van der Waals surface area contributed by atoms with E-state index < -0.39 is 34.6 Å². The van der Waals surface area contributed by atoms with Gasteiger partial charge in [-0.25, -0.2) is 17.6 Å². The van der Waals surface area contributed by atoms with Crippen LogP contribution in [0.4, 0.5) is 28.9 Å². The number of nitrogens with one attached hydrogen (secondary N) is 1. The summed E-state index contributed by atoms with van der Waals surface area (Å²) in [5, 5.41) is 2.04. The zero-order valence-corrected chi connectivity index (χ0v) is 6.59. The van der Waals surface area contributed by atoms with Crippen molar-refractivity contribution in [2.24, 2.45) is 0 Å². The maximum Gasteiger partial charge on any atom is 0.198 e. The van der Waals surface area contributed by atoms with E-state index in [4.69, 9.17) is 5.73 Å². The van der Waals surface area contributed by atoms with E-state index in [-0.39, 0.29) is 0 Å². The van der Waals surface area contributed by atoms with Gasteiger partial charge in [0, 0.05) is 7.05 Å². The molecule has 0 aliphatic rings. The Bertz CT molecular complexity index is 322. The van der Waals surface area contributed by atoms with Crippen LogP contribution in [0.25, 0.3) is 0 Å². The van der Waals surface area contributed by atoms with E-state index in [1.165, 1.54) is 0 Å². The Hall–Kier alpha value is -1.46. The molecule has 0 amide bonds. The molecule has 0 saturated carbocycles. The van der Waals surface area contributed by atoms with E-state index in [0.29, 0.717) is 0 Å². The van der Waals surface area contributed by atoms with Crippen LogP contribution in [0.1, 0.15) is 0 Å². The number of hydrogen-bond acceptors (Lipinski definition) is 2. The van der Waals surface area contributed by atoms with Gasteiger partial charge in [-0.05, 0) is 0 Å². The van der Waals surface area contributed by atoms with Gasteiger partial charge in [-0.2, -0.15) is 0 Å². The summed E-state index contributed by atoms with van der Waals surface area (Å²) in [5.41, 5.74) is 3.01. The molecule has 1 rings (SSSR count). The number of nitrogen functional groups attached to an aromatic ring is 1. The maximum atomic E-state index is 12.9. The SMILES string of the molecule is CNc1c(F)c(N)c(F)c(F)c1F. The molecule has 0 heterocycles. The summed E-state index contributed by atoms with van der Waals surface area (Å²) in [6.07, 6.45) is 0. The lowest BCUT2D eigenvalue weighted by atomic mass is 10.2. The molecule has 0 spiro atoms. The Morgan fingerprint density at radius 1 is 0.923 bits per heavy atom. The fourth-order valence-corrected chi connectivity index (χ4v) is 0.871. The van der Waals surface area contributed by atoms with Crippen LogP contribution in [0.5, 0.6) is 0 Å². The van der Waals surface area contributed by atoms with E-state index in [1.54, 1.807) is 0 Å². The van der Waals surface area contributed by atoms with Crippen LogP contribution in [0, 0.1) is 23.3 Å². The van der Waals surface area contributed by atoms with Crippen LogP contribution in [-0.4, -0.2) is 7.05 Å². The van der Waals surface area contributed by atoms with Gasteiger partial charge in [0.25, 0.3) is 0 Å². The number of nitrogens with two attached hydrogens (primary N) is 1. The second kappa shape index (κ2) is 3.12. The average Bonchev–Trinajstić information content (AvgIpc) is 2.13. The normalized spacial score (nSPS) is 10.2. The summed E-state index contributed by atoms with van der Waals surface area (Å²) in [6.45, 7) is 0. The van der Waals surface area contributed by atoms with Crippen LogP contribution in [0.2, 0.25) is 0 Å². The molecule has 2 nitrogen and oxygen atoms in total. The molecule has 0 aromatic heterocycles. The van der Waals surface area contributed by atoms with Crippen LogP contribution in [0.15, 0.2) is 0 Å². The quantitative estimate of drug-likeness (QED) is 0.310. The van der Waals surface area contributed by atoms with Gasteiger partial charge in [-0.1, -0.05) is 0 Å². The summed E-state index contributed by atoms with van der Waals surface area (Å²) in [5.74, 6) is -6.46. The molecule has 0 unspecified atom stereocenters.